The summed E-state index contributed by atoms with van der Waals surface area (Å²) in [7, 11) is 2.01. The van der Waals surface area contributed by atoms with Gasteiger partial charge in [-0.2, -0.15) is 0 Å². The summed E-state index contributed by atoms with van der Waals surface area (Å²) in [4.78, 5) is 1.33. The zero-order valence-corrected chi connectivity index (χ0v) is 12.1. The van der Waals surface area contributed by atoms with E-state index in [0.717, 1.165) is 17.2 Å². The summed E-state index contributed by atoms with van der Waals surface area (Å²) in [6.45, 7) is 0. The Bertz CT molecular complexity index is 466. The molecule has 0 aliphatic heterocycles. The van der Waals surface area contributed by atoms with Crippen molar-refractivity contribution in [3.05, 3.63) is 57.2 Å². The first-order valence-corrected chi connectivity index (χ1v) is 7.45. The summed E-state index contributed by atoms with van der Waals surface area (Å²) >= 11 is 7.65. The predicted molar refractivity (Wildman–Crippen MR) is 80.5 cm³/mol. The third kappa shape index (κ3) is 3.84. The highest BCUT2D eigenvalue weighted by atomic mass is 35.5. The van der Waals surface area contributed by atoms with Gasteiger partial charge in [-0.3, -0.25) is 0 Å². The second kappa shape index (κ2) is 6.93. The van der Waals surface area contributed by atoms with Crippen LogP contribution >= 0.6 is 22.9 Å². The van der Waals surface area contributed by atoms with E-state index in [9.17, 15) is 0 Å². The molecule has 1 N–H and O–H groups in total. The number of hydrogen-bond donors (Lipinski definition) is 1. The summed E-state index contributed by atoms with van der Waals surface area (Å²) < 4.78 is 0.869. The zero-order chi connectivity index (χ0) is 12.8. The molecule has 1 unspecified atom stereocenters. The summed E-state index contributed by atoms with van der Waals surface area (Å²) in [6.07, 6.45) is 3.46. The number of nitrogens with one attached hydrogen (secondary N) is 1. The molecule has 0 amide bonds. The van der Waals surface area contributed by atoms with Crippen LogP contribution in [0.15, 0.2) is 42.5 Å². The minimum absolute atomic E-state index is 0.422. The van der Waals surface area contributed by atoms with E-state index in [4.69, 9.17) is 11.6 Å². The molecule has 18 heavy (non-hydrogen) atoms. The Balaban J connectivity index is 1.85. The Hall–Kier alpha value is -0.830. The van der Waals surface area contributed by atoms with Gasteiger partial charge in [0.2, 0.25) is 0 Å². The Morgan fingerprint density at radius 2 is 1.94 bits per heavy atom. The van der Waals surface area contributed by atoms with E-state index < -0.39 is 0 Å². The first kappa shape index (κ1) is 13.6. The highest BCUT2D eigenvalue weighted by Gasteiger charge is 2.11. The molecule has 3 heteroatoms. The Morgan fingerprint density at radius 1 is 1.17 bits per heavy atom. The number of halogens is 1. The molecule has 1 nitrogen and oxygen atoms in total. The van der Waals surface area contributed by atoms with Crippen LogP contribution in [0, 0.1) is 0 Å². The average molecular weight is 280 g/mol. The van der Waals surface area contributed by atoms with E-state index in [1.54, 1.807) is 11.3 Å². The molecule has 0 bridgehead atoms. The lowest BCUT2D eigenvalue weighted by molar-refractivity contribution is 0.535. The molecule has 0 saturated heterocycles. The maximum absolute atomic E-state index is 5.98. The Labute approximate surface area is 118 Å². The van der Waals surface area contributed by atoms with Crippen molar-refractivity contribution >= 4 is 22.9 Å². The van der Waals surface area contributed by atoms with Gasteiger partial charge in [0.05, 0.1) is 4.34 Å². The molecular formula is C15H18ClNS. The van der Waals surface area contributed by atoms with Crippen molar-refractivity contribution in [1.82, 2.24) is 5.32 Å². The second-order valence-electron chi connectivity index (χ2n) is 4.36. The first-order chi connectivity index (χ1) is 8.79. The van der Waals surface area contributed by atoms with Gasteiger partial charge in [-0.05, 0) is 44.0 Å². The molecule has 2 rings (SSSR count). The zero-order valence-electron chi connectivity index (χ0n) is 10.5. The summed E-state index contributed by atoms with van der Waals surface area (Å²) in [5.41, 5.74) is 1.41. The van der Waals surface area contributed by atoms with Gasteiger partial charge >= 0.3 is 0 Å². The van der Waals surface area contributed by atoms with Crippen molar-refractivity contribution in [2.24, 2.45) is 0 Å². The van der Waals surface area contributed by atoms with Gasteiger partial charge in [-0.25, -0.2) is 0 Å². The van der Waals surface area contributed by atoms with Gasteiger partial charge in [0.25, 0.3) is 0 Å². The predicted octanol–water partition coefficient (Wildman–Crippen LogP) is 4.68. The molecule has 0 aliphatic rings. The van der Waals surface area contributed by atoms with Crippen LogP contribution in [0.2, 0.25) is 4.34 Å². The van der Waals surface area contributed by atoms with Crippen LogP contribution in [0.3, 0.4) is 0 Å². The number of rotatable bonds is 6. The van der Waals surface area contributed by atoms with Crippen LogP contribution in [-0.4, -0.2) is 7.05 Å². The lowest BCUT2D eigenvalue weighted by Crippen LogP contribution is -2.15. The lowest BCUT2D eigenvalue weighted by atomic mass is 10.0. The van der Waals surface area contributed by atoms with E-state index >= 15 is 0 Å². The third-order valence-corrected chi connectivity index (χ3v) is 4.43. The fourth-order valence-corrected chi connectivity index (χ4v) is 3.30. The van der Waals surface area contributed by atoms with E-state index in [-0.39, 0.29) is 0 Å². The summed E-state index contributed by atoms with van der Waals surface area (Å²) in [6, 6.07) is 15.2. The molecule has 0 spiro atoms. The summed E-state index contributed by atoms with van der Waals surface area (Å²) in [5.74, 6) is 0. The van der Waals surface area contributed by atoms with Crippen molar-refractivity contribution in [3.8, 4) is 0 Å². The van der Waals surface area contributed by atoms with Crippen molar-refractivity contribution in [2.75, 3.05) is 7.05 Å². The molecular weight excluding hydrogens is 262 g/mol. The van der Waals surface area contributed by atoms with Crippen LogP contribution < -0.4 is 5.32 Å². The first-order valence-electron chi connectivity index (χ1n) is 6.26. The summed E-state index contributed by atoms with van der Waals surface area (Å²) in [5, 5.41) is 3.37. The molecule has 0 radical (unpaired) electrons. The van der Waals surface area contributed by atoms with Gasteiger partial charge in [-0.15, -0.1) is 11.3 Å². The van der Waals surface area contributed by atoms with Crippen LogP contribution in [-0.2, 0) is 6.42 Å². The minimum atomic E-state index is 0.422. The van der Waals surface area contributed by atoms with Gasteiger partial charge in [0.1, 0.15) is 0 Å². The van der Waals surface area contributed by atoms with E-state index in [2.05, 4.69) is 41.7 Å². The molecule has 0 aliphatic carbocycles. The highest BCUT2D eigenvalue weighted by Crippen LogP contribution is 2.29. The van der Waals surface area contributed by atoms with Crippen LogP contribution in [0.25, 0.3) is 0 Å². The molecule has 1 aromatic heterocycles. The topological polar surface area (TPSA) is 12.0 Å². The highest BCUT2D eigenvalue weighted by molar-refractivity contribution is 7.16. The third-order valence-electron chi connectivity index (χ3n) is 3.09. The molecule has 1 atom stereocenters. The number of hydrogen-bond acceptors (Lipinski definition) is 2. The van der Waals surface area contributed by atoms with Gasteiger partial charge in [0.15, 0.2) is 0 Å². The van der Waals surface area contributed by atoms with Crippen LogP contribution in [0.1, 0.15) is 29.3 Å². The van der Waals surface area contributed by atoms with Crippen molar-refractivity contribution in [2.45, 2.75) is 25.3 Å². The maximum Gasteiger partial charge on any atom is 0.0931 e. The Kier molecular flexibility index (Phi) is 5.24. The average Bonchev–Trinajstić information content (AvgIpc) is 2.82. The maximum atomic E-state index is 5.98. The SMILES string of the molecule is CNC(CCCc1ccccc1)c1ccc(Cl)s1. The van der Waals surface area contributed by atoms with E-state index in [0.29, 0.717) is 6.04 Å². The number of benzene rings is 1. The lowest BCUT2D eigenvalue weighted by Gasteiger charge is -2.14. The van der Waals surface area contributed by atoms with Crippen molar-refractivity contribution in [3.63, 3.8) is 0 Å². The monoisotopic (exact) mass is 279 g/mol. The number of thiophene rings is 1. The van der Waals surface area contributed by atoms with Gasteiger partial charge in [-0.1, -0.05) is 41.9 Å². The second-order valence-corrected chi connectivity index (χ2v) is 6.11. The normalized spacial score (nSPS) is 12.6. The van der Waals surface area contributed by atoms with Crippen LogP contribution in [0.4, 0.5) is 0 Å². The molecule has 1 heterocycles. The fraction of sp³-hybridized carbons (Fsp3) is 0.333. The van der Waals surface area contributed by atoms with Gasteiger partial charge < -0.3 is 5.32 Å². The van der Waals surface area contributed by atoms with E-state index in [1.165, 1.54) is 16.9 Å². The molecule has 2 aromatic rings. The van der Waals surface area contributed by atoms with Crippen molar-refractivity contribution < 1.29 is 0 Å². The van der Waals surface area contributed by atoms with E-state index in [1.807, 2.05) is 13.1 Å². The smallest absolute Gasteiger partial charge is 0.0931 e. The molecule has 1 aromatic carbocycles. The minimum Gasteiger partial charge on any atom is -0.312 e. The quantitative estimate of drug-likeness (QED) is 0.809. The molecule has 0 fully saturated rings. The van der Waals surface area contributed by atoms with Crippen molar-refractivity contribution in [1.29, 1.82) is 0 Å². The fourth-order valence-electron chi connectivity index (χ4n) is 2.10. The standard InChI is InChI=1S/C15H18ClNS/c1-17-13(14-10-11-15(16)18-14)9-5-8-12-6-3-2-4-7-12/h2-4,6-7,10-11,13,17H,5,8-9H2,1H3. The van der Waals surface area contributed by atoms with Gasteiger partial charge in [0, 0.05) is 10.9 Å². The Morgan fingerprint density at radius 3 is 2.56 bits per heavy atom. The molecule has 0 saturated carbocycles. The number of aryl methyl sites for hydroxylation is 1. The largest absolute Gasteiger partial charge is 0.312 e. The molecule has 96 valence electrons. The van der Waals surface area contributed by atoms with Crippen LogP contribution in [0.5, 0.6) is 0 Å².